The van der Waals surface area contributed by atoms with Crippen molar-refractivity contribution < 1.29 is 41.5 Å². The Balaban J connectivity index is 0.00000161. The molecule has 0 aromatic heterocycles. The van der Waals surface area contributed by atoms with Crippen LogP contribution in [0.25, 0.3) is 0 Å². The number of hydrogen-bond acceptors (Lipinski definition) is 5. The van der Waals surface area contributed by atoms with Crippen LogP contribution in [0.5, 0.6) is 0 Å². The van der Waals surface area contributed by atoms with Gasteiger partial charge in [0.25, 0.3) is 0 Å². The fourth-order valence-electron chi connectivity index (χ4n) is 4.23. The molecule has 0 aromatic rings. The van der Waals surface area contributed by atoms with Gasteiger partial charge in [0.2, 0.25) is 6.29 Å². The summed E-state index contributed by atoms with van der Waals surface area (Å²) < 4.78 is 10.8. The number of ether oxygens (including phenoxy) is 2. The third-order valence-corrected chi connectivity index (χ3v) is 5.48. The van der Waals surface area contributed by atoms with Crippen molar-refractivity contribution in [2.45, 2.75) is 57.7 Å². The van der Waals surface area contributed by atoms with E-state index in [2.05, 4.69) is 6.92 Å². The Morgan fingerprint density at radius 2 is 1.90 bits per heavy atom. The molecule has 21 heavy (non-hydrogen) atoms. The average molecular weight is 339 g/mol. The van der Waals surface area contributed by atoms with Gasteiger partial charge < -0.3 is 19.7 Å². The summed E-state index contributed by atoms with van der Waals surface area (Å²) in [6.45, 7) is 5.42. The Morgan fingerprint density at radius 3 is 2.57 bits per heavy atom. The van der Waals surface area contributed by atoms with Crippen LogP contribution in [-0.2, 0) is 31.3 Å². The molecule has 2 aliphatic heterocycles. The first-order valence-electron chi connectivity index (χ1n) is 7.43. The van der Waals surface area contributed by atoms with Crippen molar-refractivity contribution in [3.63, 3.8) is 0 Å². The van der Waals surface area contributed by atoms with E-state index in [0.717, 1.165) is 12.8 Å². The smallest absolute Gasteiger partial charge is 0.311 e. The van der Waals surface area contributed by atoms with E-state index < -0.39 is 17.7 Å². The summed E-state index contributed by atoms with van der Waals surface area (Å²) in [5, 5.41) is 21.5. The number of rotatable bonds is 0. The summed E-state index contributed by atoms with van der Waals surface area (Å²) in [5.41, 5.74) is -1.21. The van der Waals surface area contributed by atoms with Gasteiger partial charge >= 0.3 is 5.97 Å². The Hall–Kier alpha value is -0.131. The molecule has 3 fully saturated rings. The molecule has 7 atom stereocenters. The van der Waals surface area contributed by atoms with Crippen molar-refractivity contribution in [2.24, 2.45) is 23.7 Å². The number of hydrogen-bond donors (Lipinski definition) is 2. The first-order valence-corrected chi connectivity index (χ1v) is 7.43. The fraction of sp³-hybridized carbons (Fsp3) is 0.867. The van der Waals surface area contributed by atoms with Gasteiger partial charge in [0.1, 0.15) is 5.60 Å². The van der Waals surface area contributed by atoms with Gasteiger partial charge in [-0.2, -0.15) is 0 Å². The first kappa shape index (κ1) is 17.2. The second kappa shape index (κ2) is 5.50. The van der Waals surface area contributed by atoms with Crippen molar-refractivity contribution in [3.05, 3.63) is 6.42 Å². The predicted molar refractivity (Wildman–Crippen MR) is 70.0 cm³/mol. The number of carbonyl (C=O) groups excluding carboxylic acids is 1. The predicted octanol–water partition coefficient (Wildman–Crippen LogP) is 1.23. The molecular weight excluding hydrogens is 316 g/mol. The Labute approximate surface area is 135 Å². The molecule has 5 nitrogen and oxygen atoms in total. The van der Waals surface area contributed by atoms with Gasteiger partial charge in [-0.05, 0) is 38.0 Å². The second-order valence-corrected chi connectivity index (χ2v) is 6.82. The fourth-order valence-corrected chi connectivity index (χ4v) is 4.23. The summed E-state index contributed by atoms with van der Waals surface area (Å²) in [6.07, 6.45) is 2.90. The van der Waals surface area contributed by atoms with Gasteiger partial charge in [-0.3, -0.25) is 4.79 Å². The van der Waals surface area contributed by atoms with Gasteiger partial charge in [0, 0.05) is 29.4 Å². The molecular formula is C15H23FeO5. The second-order valence-electron chi connectivity index (χ2n) is 6.82. The van der Waals surface area contributed by atoms with Crippen LogP contribution in [0, 0.1) is 30.1 Å². The standard InChI is InChI=1S/C15H23O5.Fe/c1-8-4-5-11-9(2)12(16)19-13-15(11,18)10(8)6-7-14(3,17)20-13;/h7-11,13,17-18H,4-6H2,1-3H3;/t8-,9-,10+,11+,13-,14+,15-;/m1./s1. The van der Waals surface area contributed by atoms with Crippen LogP contribution in [-0.4, -0.2) is 33.9 Å². The zero-order valence-corrected chi connectivity index (χ0v) is 13.7. The third-order valence-electron chi connectivity index (χ3n) is 5.48. The van der Waals surface area contributed by atoms with Crippen LogP contribution in [0.2, 0.25) is 0 Å². The van der Waals surface area contributed by atoms with Gasteiger partial charge in [-0.25, -0.2) is 0 Å². The molecule has 3 aliphatic rings. The van der Waals surface area contributed by atoms with E-state index in [4.69, 9.17) is 9.47 Å². The minimum Gasteiger partial charge on any atom is -0.432 e. The molecule has 2 heterocycles. The SMILES string of the molecule is C[C@@H]1CC[C@H]2[C@@H](C)C(=O)O[C@@H]3O[C@](C)(O)[CH]C[C@@H]1[C@]32O.[Fe]. The Morgan fingerprint density at radius 1 is 1.24 bits per heavy atom. The first-order chi connectivity index (χ1) is 9.25. The van der Waals surface area contributed by atoms with Crippen LogP contribution in [0.1, 0.15) is 40.0 Å². The molecule has 0 spiro atoms. The van der Waals surface area contributed by atoms with Crippen molar-refractivity contribution in [1.82, 2.24) is 0 Å². The minimum atomic E-state index is -1.48. The molecule has 6 heteroatoms. The average Bonchev–Trinajstić information content (AvgIpc) is 2.44. The molecule has 1 aliphatic carbocycles. The zero-order valence-electron chi connectivity index (χ0n) is 12.6. The topological polar surface area (TPSA) is 76.0 Å². The van der Waals surface area contributed by atoms with E-state index in [9.17, 15) is 15.0 Å². The monoisotopic (exact) mass is 339 g/mol. The van der Waals surface area contributed by atoms with Crippen molar-refractivity contribution in [3.8, 4) is 0 Å². The molecule has 3 rings (SSSR count). The molecule has 0 unspecified atom stereocenters. The van der Waals surface area contributed by atoms with Crippen LogP contribution in [0.3, 0.4) is 0 Å². The van der Waals surface area contributed by atoms with Crippen LogP contribution in [0.4, 0.5) is 0 Å². The summed E-state index contributed by atoms with van der Waals surface area (Å²) >= 11 is 0. The van der Waals surface area contributed by atoms with E-state index in [1.54, 1.807) is 13.3 Å². The van der Waals surface area contributed by atoms with Crippen molar-refractivity contribution >= 4 is 5.97 Å². The molecule has 0 amide bonds. The van der Waals surface area contributed by atoms with Crippen LogP contribution in [0.15, 0.2) is 0 Å². The van der Waals surface area contributed by atoms with Crippen molar-refractivity contribution in [1.29, 1.82) is 0 Å². The number of esters is 1. The van der Waals surface area contributed by atoms with E-state index in [1.807, 2.05) is 0 Å². The van der Waals surface area contributed by atoms with Gasteiger partial charge in [0.15, 0.2) is 5.79 Å². The summed E-state index contributed by atoms with van der Waals surface area (Å²) in [7, 11) is 0. The zero-order chi connectivity index (χ0) is 14.7. The van der Waals surface area contributed by atoms with E-state index in [0.29, 0.717) is 12.3 Å². The maximum atomic E-state index is 12.0. The Kier molecular flexibility index (Phi) is 4.51. The molecule has 0 aromatic carbocycles. The molecule has 2 saturated heterocycles. The molecule has 0 bridgehead atoms. The number of carbonyl (C=O) groups is 1. The van der Waals surface area contributed by atoms with Gasteiger partial charge in [-0.15, -0.1) is 0 Å². The summed E-state index contributed by atoms with van der Waals surface area (Å²) in [5.74, 6) is -2.10. The third kappa shape index (κ3) is 2.55. The summed E-state index contributed by atoms with van der Waals surface area (Å²) in [6, 6.07) is 0. The largest absolute Gasteiger partial charge is 0.432 e. The van der Waals surface area contributed by atoms with E-state index in [-0.39, 0.29) is 40.8 Å². The minimum absolute atomic E-state index is 0. The molecule has 2 N–H and O–H groups in total. The Bertz CT molecular complexity index is 426. The molecule has 1 radical (unpaired) electrons. The number of aliphatic hydroxyl groups is 2. The van der Waals surface area contributed by atoms with Gasteiger partial charge in [-0.1, -0.05) is 13.8 Å². The maximum Gasteiger partial charge on any atom is 0.311 e. The van der Waals surface area contributed by atoms with Crippen LogP contribution >= 0.6 is 0 Å². The van der Waals surface area contributed by atoms with E-state index >= 15 is 0 Å². The molecule has 121 valence electrons. The normalized spacial score (nSPS) is 53.0. The summed E-state index contributed by atoms with van der Waals surface area (Å²) in [4.78, 5) is 12.0. The van der Waals surface area contributed by atoms with Crippen LogP contribution < -0.4 is 0 Å². The van der Waals surface area contributed by atoms with Gasteiger partial charge in [0.05, 0.1) is 5.92 Å². The molecule has 1 saturated carbocycles. The van der Waals surface area contributed by atoms with E-state index in [1.165, 1.54) is 6.92 Å². The quantitative estimate of drug-likeness (QED) is 0.513. The maximum absolute atomic E-state index is 12.0. The van der Waals surface area contributed by atoms with Crippen molar-refractivity contribution in [2.75, 3.05) is 0 Å².